The maximum Gasteiger partial charge on any atom is 0.115 e. The molecular weight excluding hydrogens is 344 g/mol. The summed E-state index contributed by atoms with van der Waals surface area (Å²) in [5.41, 5.74) is 6.51. The van der Waals surface area contributed by atoms with Crippen molar-refractivity contribution in [2.45, 2.75) is 13.3 Å². The third kappa shape index (κ3) is 4.09. The number of hydrogen-bond acceptors (Lipinski definition) is 2. The molecule has 0 amide bonds. The van der Waals surface area contributed by atoms with Gasteiger partial charge in [0.25, 0.3) is 0 Å². The van der Waals surface area contributed by atoms with Crippen LogP contribution in [0.4, 0.5) is 0 Å². The van der Waals surface area contributed by atoms with Gasteiger partial charge in [-0.25, -0.2) is 0 Å². The van der Waals surface area contributed by atoms with E-state index in [9.17, 15) is 10.2 Å². The first kappa shape index (κ1) is 18.1. The highest BCUT2D eigenvalue weighted by Crippen LogP contribution is 2.35. The molecule has 0 atom stereocenters. The van der Waals surface area contributed by atoms with Crippen molar-refractivity contribution in [3.8, 4) is 11.5 Å². The van der Waals surface area contributed by atoms with Crippen LogP contribution in [0.15, 0.2) is 72.8 Å². The summed E-state index contributed by atoms with van der Waals surface area (Å²) in [4.78, 5) is 0. The molecule has 0 saturated carbocycles. The lowest BCUT2D eigenvalue weighted by molar-refractivity contribution is 0.474. The van der Waals surface area contributed by atoms with Crippen LogP contribution in [0, 0.1) is 6.92 Å². The Hall–Kier alpha value is -2.71. The molecular formula is C23H21ClO2. The minimum absolute atomic E-state index is 0.237. The number of benzene rings is 3. The molecule has 3 heteroatoms. The van der Waals surface area contributed by atoms with E-state index in [0.717, 1.165) is 27.8 Å². The van der Waals surface area contributed by atoms with Crippen molar-refractivity contribution < 1.29 is 10.2 Å². The molecule has 3 rings (SSSR count). The Morgan fingerprint density at radius 2 is 1.12 bits per heavy atom. The first-order chi connectivity index (χ1) is 12.6. The van der Waals surface area contributed by atoms with Gasteiger partial charge in [0.1, 0.15) is 11.5 Å². The van der Waals surface area contributed by atoms with Gasteiger partial charge in [0.15, 0.2) is 0 Å². The van der Waals surface area contributed by atoms with Crippen molar-refractivity contribution in [3.05, 3.63) is 95.1 Å². The number of hydrogen-bond donors (Lipinski definition) is 2. The molecule has 0 saturated heterocycles. The summed E-state index contributed by atoms with van der Waals surface area (Å²) in [7, 11) is 0. The Kier molecular flexibility index (Phi) is 5.65. The zero-order chi connectivity index (χ0) is 18.5. The summed E-state index contributed by atoms with van der Waals surface area (Å²) in [6.45, 7) is 2.06. The molecule has 0 aliphatic carbocycles. The quantitative estimate of drug-likeness (QED) is 0.431. The molecule has 0 fully saturated rings. The van der Waals surface area contributed by atoms with E-state index < -0.39 is 0 Å². The summed E-state index contributed by atoms with van der Waals surface area (Å²) >= 11 is 6.12. The smallest absolute Gasteiger partial charge is 0.115 e. The van der Waals surface area contributed by atoms with Crippen LogP contribution in [-0.2, 0) is 0 Å². The van der Waals surface area contributed by atoms with Gasteiger partial charge in [-0.05, 0) is 65.4 Å². The highest BCUT2D eigenvalue weighted by molar-refractivity contribution is 6.18. The number of alkyl halides is 1. The van der Waals surface area contributed by atoms with E-state index in [2.05, 4.69) is 31.2 Å². The van der Waals surface area contributed by atoms with Crippen LogP contribution in [0.5, 0.6) is 11.5 Å². The van der Waals surface area contributed by atoms with E-state index in [0.29, 0.717) is 12.3 Å². The lowest BCUT2D eigenvalue weighted by Crippen LogP contribution is -1.96. The summed E-state index contributed by atoms with van der Waals surface area (Å²) < 4.78 is 0. The molecule has 0 radical (unpaired) electrons. The monoisotopic (exact) mass is 364 g/mol. The van der Waals surface area contributed by atoms with Crippen molar-refractivity contribution in [1.29, 1.82) is 0 Å². The average Bonchev–Trinajstić information content (AvgIpc) is 2.65. The number of rotatable bonds is 5. The number of phenols is 2. The Bertz CT molecular complexity index is 845. The third-order valence-corrected chi connectivity index (χ3v) is 4.55. The second kappa shape index (κ2) is 8.11. The molecule has 132 valence electrons. The van der Waals surface area contributed by atoms with E-state index in [1.165, 1.54) is 5.56 Å². The van der Waals surface area contributed by atoms with Crippen molar-refractivity contribution in [3.63, 3.8) is 0 Å². The third-order valence-electron chi connectivity index (χ3n) is 4.36. The Morgan fingerprint density at radius 3 is 1.58 bits per heavy atom. The summed E-state index contributed by atoms with van der Waals surface area (Å²) in [5, 5.41) is 19.3. The van der Waals surface area contributed by atoms with Gasteiger partial charge in [-0.2, -0.15) is 0 Å². The van der Waals surface area contributed by atoms with Gasteiger partial charge >= 0.3 is 0 Å². The fourth-order valence-corrected chi connectivity index (χ4v) is 3.22. The van der Waals surface area contributed by atoms with E-state index >= 15 is 0 Å². The summed E-state index contributed by atoms with van der Waals surface area (Å²) in [6.07, 6.45) is 0.691. The molecule has 0 bridgehead atoms. The maximum atomic E-state index is 9.67. The number of allylic oxidation sites excluding steroid dienone is 1. The van der Waals surface area contributed by atoms with E-state index in [1.54, 1.807) is 24.3 Å². The second-order valence-corrected chi connectivity index (χ2v) is 6.63. The van der Waals surface area contributed by atoms with Crippen LogP contribution in [0.25, 0.3) is 11.1 Å². The van der Waals surface area contributed by atoms with E-state index in [1.807, 2.05) is 24.3 Å². The van der Waals surface area contributed by atoms with Gasteiger partial charge in [0.05, 0.1) is 0 Å². The molecule has 3 aromatic rings. The van der Waals surface area contributed by atoms with Gasteiger partial charge in [-0.1, -0.05) is 54.1 Å². The standard InChI is InChI=1S/C23H21ClO2/c1-16-2-4-18(5-3-16)23(19-8-12-21(26)13-9-19)22(14-15-24)17-6-10-20(25)11-7-17/h2-13,25-26H,14-15H2,1H3. The SMILES string of the molecule is Cc1ccc(C(=C(CCCl)c2ccc(O)cc2)c2ccc(O)cc2)cc1. The van der Waals surface area contributed by atoms with E-state index in [4.69, 9.17) is 11.6 Å². The molecule has 0 unspecified atom stereocenters. The first-order valence-corrected chi connectivity index (χ1v) is 9.07. The number of halogens is 1. The van der Waals surface area contributed by atoms with Crippen LogP contribution in [-0.4, -0.2) is 16.1 Å². The van der Waals surface area contributed by atoms with Crippen molar-refractivity contribution in [2.24, 2.45) is 0 Å². The van der Waals surface area contributed by atoms with Crippen molar-refractivity contribution >= 4 is 22.7 Å². The maximum absolute atomic E-state index is 9.67. The normalized spacial score (nSPS) is 11.9. The lowest BCUT2D eigenvalue weighted by atomic mass is 9.88. The van der Waals surface area contributed by atoms with Crippen molar-refractivity contribution in [1.82, 2.24) is 0 Å². The molecule has 3 aromatic carbocycles. The van der Waals surface area contributed by atoms with Gasteiger partial charge in [0, 0.05) is 5.88 Å². The largest absolute Gasteiger partial charge is 0.508 e. The highest BCUT2D eigenvalue weighted by Gasteiger charge is 2.14. The minimum Gasteiger partial charge on any atom is -0.508 e. The fraction of sp³-hybridized carbons (Fsp3) is 0.130. The molecule has 0 spiro atoms. The summed E-state index contributed by atoms with van der Waals surface area (Å²) in [5.74, 6) is 0.963. The lowest BCUT2D eigenvalue weighted by Gasteiger charge is -2.17. The minimum atomic E-state index is 0.237. The zero-order valence-electron chi connectivity index (χ0n) is 14.6. The van der Waals surface area contributed by atoms with Crippen LogP contribution in [0.2, 0.25) is 0 Å². The number of aromatic hydroxyl groups is 2. The Labute approximate surface area is 159 Å². The Balaban J connectivity index is 2.26. The molecule has 0 aliphatic rings. The zero-order valence-corrected chi connectivity index (χ0v) is 15.4. The van der Waals surface area contributed by atoms with Gasteiger partial charge < -0.3 is 10.2 Å². The predicted molar refractivity (Wildman–Crippen MR) is 109 cm³/mol. The molecule has 0 heterocycles. The van der Waals surface area contributed by atoms with Gasteiger partial charge in [-0.3, -0.25) is 0 Å². The fourth-order valence-electron chi connectivity index (χ4n) is 3.03. The molecule has 26 heavy (non-hydrogen) atoms. The van der Waals surface area contributed by atoms with Gasteiger partial charge in [-0.15, -0.1) is 11.6 Å². The highest BCUT2D eigenvalue weighted by atomic mass is 35.5. The topological polar surface area (TPSA) is 40.5 Å². The van der Waals surface area contributed by atoms with Crippen LogP contribution < -0.4 is 0 Å². The molecule has 0 aromatic heterocycles. The van der Waals surface area contributed by atoms with Crippen LogP contribution >= 0.6 is 11.6 Å². The second-order valence-electron chi connectivity index (χ2n) is 6.25. The predicted octanol–water partition coefficient (Wildman–Crippen LogP) is 5.99. The molecule has 2 N–H and O–H groups in total. The summed E-state index contributed by atoms with van der Waals surface area (Å²) in [6, 6.07) is 22.8. The van der Waals surface area contributed by atoms with E-state index in [-0.39, 0.29) is 11.5 Å². The Morgan fingerprint density at radius 1 is 0.692 bits per heavy atom. The molecule has 0 aliphatic heterocycles. The van der Waals surface area contributed by atoms with Crippen molar-refractivity contribution in [2.75, 3.05) is 5.88 Å². The first-order valence-electron chi connectivity index (χ1n) is 8.53. The number of phenolic OH excluding ortho intramolecular Hbond substituents is 2. The molecule has 2 nitrogen and oxygen atoms in total. The van der Waals surface area contributed by atoms with Crippen LogP contribution in [0.1, 0.15) is 28.7 Å². The number of aryl methyl sites for hydroxylation is 1. The van der Waals surface area contributed by atoms with Crippen LogP contribution in [0.3, 0.4) is 0 Å². The van der Waals surface area contributed by atoms with Gasteiger partial charge in [0.2, 0.25) is 0 Å². The average molecular weight is 365 g/mol.